The molecule has 3 unspecified atom stereocenters. The Morgan fingerprint density at radius 1 is 1.12 bits per heavy atom. The van der Waals surface area contributed by atoms with E-state index >= 15 is 0 Å². The predicted octanol–water partition coefficient (Wildman–Crippen LogP) is 3.92. The van der Waals surface area contributed by atoms with Crippen molar-refractivity contribution in [3.05, 3.63) is 24.3 Å². The molecular formula is C14H18OS. The number of phenols is 1. The van der Waals surface area contributed by atoms with Crippen LogP contribution in [-0.4, -0.2) is 10.9 Å². The lowest BCUT2D eigenvalue weighted by molar-refractivity contribution is 0.365. The molecule has 2 bridgehead atoms. The molecule has 16 heavy (non-hydrogen) atoms. The van der Waals surface area contributed by atoms with Crippen molar-refractivity contribution in [2.75, 3.05) is 5.75 Å². The van der Waals surface area contributed by atoms with Crippen molar-refractivity contribution in [1.29, 1.82) is 0 Å². The first-order chi connectivity index (χ1) is 7.81. The van der Waals surface area contributed by atoms with Gasteiger partial charge in [-0.25, -0.2) is 0 Å². The lowest BCUT2D eigenvalue weighted by atomic mass is 9.90. The van der Waals surface area contributed by atoms with Crippen molar-refractivity contribution in [1.82, 2.24) is 0 Å². The summed E-state index contributed by atoms with van der Waals surface area (Å²) in [6.07, 6.45) is 5.94. The Labute approximate surface area is 101 Å². The van der Waals surface area contributed by atoms with Crippen LogP contribution in [0.5, 0.6) is 5.75 Å². The number of thioether (sulfide) groups is 1. The van der Waals surface area contributed by atoms with Gasteiger partial charge in [-0.2, -0.15) is 0 Å². The second-order valence-corrected chi connectivity index (χ2v) is 6.33. The van der Waals surface area contributed by atoms with E-state index in [1.54, 1.807) is 12.1 Å². The minimum absolute atomic E-state index is 0.365. The Hall–Kier alpha value is -0.630. The van der Waals surface area contributed by atoms with Gasteiger partial charge in [-0.1, -0.05) is 6.42 Å². The molecule has 2 aliphatic carbocycles. The zero-order valence-corrected chi connectivity index (χ0v) is 10.2. The molecule has 1 aromatic rings. The number of benzene rings is 1. The highest BCUT2D eigenvalue weighted by atomic mass is 32.2. The van der Waals surface area contributed by atoms with Crippen molar-refractivity contribution < 1.29 is 5.11 Å². The second-order valence-electron chi connectivity index (χ2n) is 5.24. The average molecular weight is 234 g/mol. The Kier molecular flexibility index (Phi) is 2.84. The third-order valence-electron chi connectivity index (χ3n) is 4.19. The maximum Gasteiger partial charge on any atom is 0.115 e. The molecule has 1 aromatic carbocycles. The fourth-order valence-electron chi connectivity index (χ4n) is 3.33. The number of phenolic OH excluding ortho intramolecular Hbond substituents is 1. The second kappa shape index (κ2) is 4.33. The molecule has 1 nitrogen and oxygen atoms in total. The summed E-state index contributed by atoms with van der Waals surface area (Å²) in [7, 11) is 0. The summed E-state index contributed by atoms with van der Waals surface area (Å²) in [6, 6.07) is 7.60. The molecule has 2 heteroatoms. The van der Waals surface area contributed by atoms with Gasteiger partial charge in [0.15, 0.2) is 0 Å². The maximum absolute atomic E-state index is 9.21. The Morgan fingerprint density at radius 3 is 2.56 bits per heavy atom. The van der Waals surface area contributed by atoms with Gasteiger partial charge in [0.25, 0.3) is 0 Å². The van der Waals surface area contributed by atoms with E-state index in [4.69, 9.17) is 0 Å². The molecule has 0 aromatic heterocycles. The van der Waals surface area contributed by atoms with Crippen LogP contribution in [0.2, 0.25) is 0 Å². The standard InChI is InChI=1S/C14H18OS/c15-13-3-5-14(6-4-13)16-9-12-8-10-1-2-11(12)7-10/h3-6,10-12,15H,1-2,7-9H2. The van der Waals surface area contributed by atoms with Crippen LogP contribution >= 0.6 is 11.8 Å². The van der Waals surface area contributed by atoms with Gasteiger partial charge in [0.05, 0.1) is 0 Å². The van der Waals surface area contributed by atoms with Crippen LogP contribution in [-0.2, 0) is 0 Å². The lowest BCUT2D eigenvalue weighted by Crippen LogP contribution is -2.12. The Morgan fingerprint density at radius 2 is 1.94 bits per heavy atom. The van der Waals surface area contributed by atoms with Gasteiger partial charge in [0.2, 0.25) is 0 Å². The molecule has 2 fully saturated rings. The largest absolute Gasteiger partial charge is 0.508 e. The fraction of sp³-hybridized carbons (Fsp3) is 0.571. The zero-order chi connectivity index (χ0) is 11.0. The van der Waals surface area contributed by atoms with Gasteiger partial charge < -0.3 is 5.11 Å². The first-order valence-electron chi connectivity index (χ1n) is 6.23. The lowest BCUT2D eigenvalue weighted by Gasteiger charge is -2.20. The Balaban J connectivity index is 1.55. The summed E-state index contributed by atoms with van der Waals surface area (Å²) in [5, 5.41) is 9.21. The van der Waals surface area contributed by atoms with E-state index in [1.165, 1.54) is 36.3 Å². The molecule has 2 saturated carbocycles. The first-order valence-corrected chi connectivity index (χ1v) is 7.21. The van der Waals surface area contributed by atoms with Crippen molar-refractivity contribution in [2.45, 2.75) is 30.6 Å². The molecule has 0 spiro atoms. The van der Waals surface area contributed by atoms with Gasteiger partial charge in [-0.05, 0) is 61.3 Å². The summed E-state index contributed by atoms with van der Waals surface area (Å²) in [5.41, 5.74) is 0. The van der Waals surface area contributed by atoms with Crippen LogP contribution in [0.1, 0.15) is 25.7 Å². The van der Waals surface area contributed by atoms with Crippen LogP contribution in [0, 0.1) is 17.8 Å². The quantitative estimate of drug-likeness (QED) is 0.800. The van der Waals surface area contributed by atoms with Crippen molar-refractivity contribution in [2.24, 2.45) is 17.8 Å². The van der Waals surface area contributed by atoms with E-state index in [0.29, 0.717) is 5.75 Å². The third kappa shape index (κ3) is 2.08. The molecule has 2 aliphatic rings. The summed E-state index contributed by atoms with van der Waals surface area (Å²) < 4.78 is 0. The number of hydrogen-bond donors (Lipinski definition) is 1. The highest BCUT2D eigenvalue weighted by Gasteiger charge is 2.38. The van der Waals surface area contributed by atoms with E-state index < -0.39 is 0 Å². The van der Waals surface area contributed by atoms with E-state index in [0.717, 1.165) is 17.8 Å². The normalized spacial score (nSPS) is 32.1. The predicted molar refractivity (Wildman–Crippen MR) is 67.8 cm³/mol. The van der Waals surface area contributed by atoms with Crippen LogP contribution < -0.4 is 0 Å². The third-order valence-corrected chi connectivity index (χ3v) is 5.39. The number of aromatic hydroxyl groups is 1. The zero-order valence-electron chi connectivity index (χ0n) is 9.43. The highest BCUT2D eigenvalue weighted by Crippen LogP contribution is 2.49. The van der Waals surface area contributed by atoms with E-state index in [1.807, 2.05) is 23.9 Å². The number of hydrogen-bond acceptors (Lipinski definition) is 2. The van der Waals surface area contributed by atoms with Crippen molar-refractivity contribution in [3.63, 3.8) is 0 Å². The molecule has 3 atom stereocenters. The van der Waals surface area contributed by atoms with Gasteiger partial charge in [0, 0.05) is 10.6 Å². The molecule has 0 aliphatic heterocycles. The minimum Gasteiger partial charge on any atom is -0.508 e. The van der Waals surface area contributed by atoms with Gasteiger partial charge in [-0.3, -0.25) is 0 Å². The maximum atomic E-state index is 9.21. The van der Waals surface area contributed by atoms with Crippen LogP contribution in [0.25, 0.3) is 0 Å². The average Bonchev–Trinajstić information content (AvgIpc) is 2.90. The first kappa shape index (κ1) is 10.5. The van der Waals surface area contributed by atoms with Gasteiger partial charge >= 0.3 is 0 Å². The van der Waals surface area contributed by atoms with Crippen LogP contribution in [0.4, 0.5) is 0 Å². The number of rotatable bonds is 3. The summed E-state index contributed by atoms with van der Waals surface area (Å²) >= 11 is 1.95. The molecule has 0 heterocycles. The number of fused-ring (bicyclic) bond motifs is 2. The van der Waals surface area contributed by atoms with E-state index in [2.05, 4.69) is 0 Å². The summed E-state index contributed by atoms with van der Waals surface area (Å²) in [5.74, 6) is 4.67. The van der Waals surface area contributed by atoms with Crippen LogP contribution in [0.15, 0.2) is 29.2 Å². The molecule has 0 radical (unpaired) electrons. The monoisotopic (exact) mass is 234 g/mol. The SMILES string of the molecule is Oc1ccc(SCC2CC3CCC2C3)cc1. The van der Waals surface area contributed by atoms with Crippen LogP contribution in [0.3, 0.4) is 0 Å². The molecule has 0 amide bonds. The van der Waals surface area contributed by atoms with Crippen molar-refractivity contribution >= 4 is 11.8 Å². The topological polar surface area (TPSA) is 20.2 Å². The van der Waals surface area contributed by atoms with Gasteiger partial charge in [0.1, 0.15) is 5.75 Å². The summed E-state index contributed by atoms with van der Waals surface area (Å²) in [6.45, 7) is 0. The molecule has 0 saturated heterocycles. The Bertz CT molecular complexity index is 360. The fourth-order valence-corrected chi connectivity index (χ4v) is 4.47. The molecule has 86 valence electrons. The van der Waals surface area contributed by atoms with E-state index in [-0.39, 0.29) is 0 Å². The smallest absolute Gasteiger partial charge is 0.115 e. The summed E-state index contributed by atoms with van der Waals surface area (Å²) in [4.78, 5) is 1.29. The van der Waals surface area contributed by atoms with Gasteiger partial charge in [-0.15, -0.1) is 11.8 Å². The van der Waals surface area contributed by atoms with Crippen molar-refractivity contribution in [3.8, 4) is 5.75 Å². The van der Waals surface area contributed by atoms with E-state index in [9.17, 15) is 5.11 Å². The minimum atomic E-state index is 0.365. The molecule has 1 N–H and O–H groups in total. The molecule has 3 rings (SSSR count). The highest BCUT2D eigenvalue weighted by molar-refractivity contribution is 7.99. The molecular weight excluding hydrogens is 216 g/mol.